The van der Waals surface area contributed by atoms with Crippen LogP contribution in [0.3, 0.4) is 0 Å². The molecular formula is C24H25N3O6. The van der Waals surface area contributed by atoms with E-state index in [9.17, 15) is 19.2 Å². The molecule has 9 nitrogen and oxygen atoms in total. The summed E-state index contributed by atoms with van der Waals surface area (Å²) in [6.45, 7) is 3.38. The summed E-state index contributed by atoms with van der Waals surface area (Å²) in [7, 11) is 0. The molecule has 2 heterocycles. The highest BCUT2D eigenvalue weighted by Crippen LogP contribution is 2.31. The monoisotopic (exact) mass is 451 g/mol. The number of amides is 1. The molecule has 1 N–H and O–H groups in total. The van der Waals surface area contributed by atoms with Gasteiger partial charge in [-0.15, -0.1) is 0 Å². The second-order valence-corrected chi connectivity index (χ2v) is 7.80. The molecule has 1 aliphatic heterocycles. The maximum absolute atomic E-state index is 12.8. The molecule has 0 saturated heterocycles. The van der Waals surface area contributed by atoms with Crippen molar-refractivity contribution in [3.8, 4) is 5.75 Å². The van der Waals surface area contributed by atoms with Crippen LogP contribution in [0.25, 0.3) is 10.9 Å². The minimum absolute atomic E-state index is 0.170. The number of rotatable bonds is 6. The number of benzene rings is 2. The number of esters is 1. The van der Waals surface area contributed by atoms with E-state index >= 15 is 0 Å². The first-order chi connectivity index (χ1) is 15.9. The summed E-state index contributed by atoms with van der Waals surface area (Å²) in [4.78, 5) is 50.6. The van der Waals surface area contributed by atoms with Crippen molar-refractivity contribution in [2.45, 2.75) is 45.5 Å². The van der Waals surface area contributed by atoms with Crippen molar-refractivity contribution in [1.82, 2.24) is 14.5 Å². The molecule has 3 aromatic rings. The van der Waals surface area contributed by atoms with Crippen molar-refractivity contribution in [2.24, 2.45) is 0 Å². The van der Waals surface area contributed by atoms with E-state index in [0.717, 1.165) is 15.9 Å². The second-order valence-electron chi connectivity index (χ2n) is 7.80. The quantitative estimate of drug-likeness (QED) is 0.572. The number of hydrogen-bond acceptors (Lipinski definition) is 6. The minimum Gasteiger partial charge on any atom is -0.493 e. The summed E-state index contributed by atoms with van der Waals surface area (Å²) in [6.07, 6.45) is -0.463. The average molecular weight is 451 g/mol. The van der Waals surface area contributed by atoms with E-state index in [1.807, 2.05) is 24.3 Å². The Balaban J connectivity index is 1.49. The molecule has 0 bridgehead atoms. The van der Waals surface area contributed by atoms with Crippen LogP contribution in [0.1, 0.15) is 31.9 Å². The minimum atomic E-state index is -1.06. The largest absolute Gasteiger partial charge is 0.493 e. The number of carbonyl (C=O) groups is 2. The second kappa shape index (κ2) is 9.32. The Labute approximate surface area is 189 Å². The molecule has 0 aliphatic carbocycles. The number of ether oxygens (including phenoxy) is 2. The number of nitrogens with one attached hydrogen (secondary N) is 1. The van der Waals surface area contributed by atoms with Gasteiger partial charge in [0.25, 0.3) is 11.5 Å². The van der Waals surface area contributed by atoms with Gasteiger partial charge >= 0.3 is 11.7 Å². The van der Waals surface area contributed by atoms with Crippen LogP contribution in [0.2, 0.25) is 0 Å². The Morgan fingerprint density at radius 2 is 1.85 bits per heavy atom. The van der Waals surface area contributed by atoms with Crippen molar-refractivity contribution < 1.29 is 19.1 Å². The van der Waals surface area contributed by atoms with E-state index in [4.69, 9.17) is 9.47 Å². The molecule has 1 aliphatic rings. The molecule has 2 atom stereocenters. The van der Waals surface area contributed by atoms with Gasteiger partial charge < -0.3 is 14.8 Å². The van der Waals surface area contributed by atoms with E-state index in [2.05, 4.69) is 5.32 Å². The van der Waals surface area contributed by atoms with Crippen molar-refractivity contribution in [3.05, 3.63) is 74.9 Å². The van der Waals surface area contributed by atoms with Crippen LogP contribution in [0.5, 0.6) is 5.75 Å². The van der Waals surface area contributed by atoms with Gasteiger partial charge in [0.05, 0.1) is 23.6 Å². The van der Waals surface area contributed by atoms with Gasteiger partial charge in [0.2, 0.25) is 0 Å². The molecular weight excluding hydrogens is 426 g/mol. The first-order valence-electron chi connectivity index (χ1n) is 10.8. The number of nitrogens with zero attached hydrogens (tertiary/aromatic N) is 2. The maximum Gasteiger partial charge on any atom is 0.332 e. The molecule has 0 fully saturated rings. The number of hydrogen-bond donors (Lipinski definition) is 1. The molecule has 0 radical (unpaired) electrons. The Bertz CT molecular complexity index is 1330. The van der Waals surface area contributed by atoms with Gasteiger partial charge in [0.15, 0.2) is 6.10 Å². The fourth-order valence-electron chi connectivity index (χ4n) is 4.00. The highest BCUT2D eigenvalue weighted by molar-refractivity contribution is 5.84. The van der Waals surface area contributed by atoms with Crippen LogP contribution in [0, 0.1) is 0 Å². The smallest absolute Gasteiger partial charge is 0.332 e. The number of para-hydroxylation sites is 2. The zero-order valence-electron chi connectivity index (χ0n) is 18.4. The zero-order chi connectivity index (χ0) is 23.5. The van der Waals surface area contributed by atoms with Gasteiger partial charge in [0, 0.05) is 18.5 Å². The molecule has 2 aromatic carbocycles. The van der Waals surface area contributed by atoms with Crippen molar-refractivity contribution in [2.75, 3.05) is 6.61 Å². The summed E-state index contributed by atoms with van der Waals surface area (Å²) < 4.78 is 13.2. The Morgan fingerprint density at radius 3 is 2.64 bits per heavy atom. The van der Waals surface area contributed by atoms with Crippen LogP contribution in [0.4, 0.5) is 0 Å². The predicted octanol–water partition coefficient (Wildman–Crippen LogP) is 1.75. The zero-order valence-corrected chi connectivity index (χ0v) is 18.4. The number of aromatic nitrogens is 2. The molecule has 33 heavy (non-hydrogen) atoms. The number of fused-ring (bicyclic) bond motifs is 2. The van der Waals surface area contributed by atoms with Gasteiger partial charge in [-0.3, -0.25) is 23.5 Å². The highest BCUT2D eigenvalue weighted by atomic mass is 16.5. The van der Waals surface area contributed by atoms with Crippen LogP contribution >= 0.6 is 0 Å². The Hall–Kier alpha value is -3.88. The van der Waals surface area contributed by atoms with Crippen molar-refractivity contribution in [1.29, 1.82) is 0 Å². The lowest BCUT2D eigenvalue weighted by Gasteiger charge is -2.27. The standard InChI is InChI=1S/C24H25N3O6/c1-3-26-23(30)17-9-4-6-10-19(17)27(24(26)31)14-21(28)33-15(2)22(29)25-18-12-13-32-20-11-7-5-8-16(18)20/h4-11,15,18H,3,12-14H2,1-2H3,(H,25,29). The van der Waals surface area contributed by atoms with Crippen molar-refractivity contribution >= 4 is 22.8 Å². The third kappa shape index (κ3) is 4.39. The van der Waals surface area contributed by atoms with Gasteiger partial charge in [0.1, 0.15) is 12.3 Å². The van der Waals surface area contributed by atoms with Gasteiger partial charge in [-0.2, -0.15) is 0 Å². The molecule has 4 rings (SSSR count). The van der Waals surface area contributed by atoms with E-state index in [-0.39, 0.29) is 12.6 Å². The number of carbonyl (C=O) groups excluding carboxylic acids is 2. The van der Waals surface area contributed by atoms with Crippen LogP contribution in [-0.4, -0.2) is 33.7 Å². The normalized spacial score (nSPS) is 15.9. The fourth-order valence-corrected chi connectivity index (χ4v) is 4.00. The Morgan fingerprint density at radius 1 is 1.12 bits per heavy atom. The highest BCUT2D eigenvalue weighted by Gasteiger charge is 2.26. The first-order valence-corrected chi connectivity index (χ1v) is 10.8. The molecule has 0 saturated carbocycles. The molecule has 0 spiro atoms. The third-order valence-corrected chi connectivity index (χ3v) is 5.69. The molecule has 1 amide bonds. The van der Waals surface area contributed by atoms with Crippen LogP contribution < -0.4 is 21.3 Å². The molecule has 1 aromatic heterocycles. The maximum atomic E-state index is 12.8. The fraction of sp³-hybridized carbons (Fsp3) is 0.333. The summed E-state index contributed by atoms with van der Waals surface area (Å²) in [5.74, 6) is -0.477. The molecule has 172 valence electrons. The van der Waals surface area contributed by atoms with E-state index in [1.165, 1.54) is 11.5 Å². The van der Waals surface area contributed by atoms with Crippen LogP contribution in [0.15, 0.2) is 58.1 Å². The van der Waals surface area contributed by atoms with E-state index in [1.54, 1.807) is 31.2 Å². The lowest BCUT2D eigenvalue weighted by molar-refractivity contribution is -0.155. The SMILES string of the molecule is CCn1c(=O)c2ccccc2n(CC(=O)OC(C)C(=O)NC2CCOc3ccccc32)c1=O. The van der Waals surface area contributed by atoms with Crippen molar-refractivity contribution in [3.63, 3.8) is 0 Å². The topological polar surface area (TPSA) is 109 Å². The summed E-state index contributed by atoms with van der Waals surface area (Å²) >= 11 is 0. The summed E-state index contributed by atoms with van der Waals surface area (Å²) in [6, 6.07) is 13.8. The van der Waals surface area contributed by atoms with Gasteiger partial charge in [-0.25, -0.2) is 4.79 Å². The van der Waals surface area contributed by atoms with Gasteiger partial charge in [-0.1, -0.05) is 30.3 Å². The average Bonchev–Trinajstić information content (AvgIpc) is 2.82. The van der Waals surface area contributed by atoms with Crippen LogP contribution in [-0.2, 0) is 27.4 Å². The molecule has 2 unspecified atom stereocenters. The Kier molecular flexibility index (Phi) is 6.30. The molecule has 9 heteroatoms. The lowest BCUT2D eigenvalue weighted by Crippen LogP contribution is -2.42. The van der Waals surface area contributed by atoms with E-state index < -0.39 is 35.8 Å². The predicted molar refractivity (Wildman–Crippen MR) is 121 cm³/mol. The summed E-state index contributed by atoms with van der Waals surface area (Å²) in [5.41, 5.74) is 0.196. The van der Waals surface area contributed by atoms with Gasteiger partial charge in [-0.05, 0) is 32.0 Å². The third-order valence-electron chi connectivity index (χ3n) is 5.69. The lowest BCUT2D eigenvalue weighted by atomic mass is 10.0. The first kappa shape index (κ1) is 22.3. The summed E-state index contributed by atoms with van der Waals surface area (Å²) in [5, 5.41) is 3.23. The van der Waals surface area contributed by atoms with E-state index in [0.29, 0.717) is 23.9 Å².